The summed E-state index contributed by atoms with van der Waals surface area (Å²) in [6.07, 6.45) is 0. The van der Waals surface area contributed by atoms with Crippen LogP contribution in [0.5, 0.6) is 0 Å². The lowest BCUT2D eigenvalue weighted by molar-refractivity contribution is -0.137. The summed E-state index contributed by atoms with van der Waals surface area (Å²) in [6.45, 7) is -1.08. The van der Waals surface area contributed by atoms with Crippen LogP contribution in [0.2, 0.25) is 0 Å². The Labute approximate surface area is 258 Å². The fraction of sp³-hybridized carbons (Fsp3) is 0.194. The number of nitrogens with one attached hydrogen (secondary N) is 3. The Hall–Kier alpha value is -5.41. The molecule has 1 saturated carbocycles. The maximum absolute atomic E-state index is 14.8. The highest BCUT2D eigenvalue weighted by molar-refractivity contribution is 6.35. The van der Waals surface area contributed by atoms with Gasteiger partial charge in [0.15, 0.2) is 17.1 Å². The summed E-state index contributed by atoms with van der Waals surface area (Å²) in [5.74, 6) is -3.79. The van der Waals surface area contributed by atoms with Gasteiger partial charge in [-0.15, -0.1) is 0 Å². The Morgan fingerprint density at radius 3 is 1.73 bits per heavy atom. The second-order valence-corrected chi connectivity index (χ2v) is 11.7. The standard InChI is InChI=1S/C36H29N3O6/c40-27(37-21-28(41)42)20-38-33(45)30-34(23-14-6-2-7-15-23)29(22-12-4-1-5-13-22)35(34,24-16-8-3-9-17-24)36(39-30)31(43)25-18-10-11-19-26(25)32(36)44/h1-19,29-30,39H,20-21H2,(H,37,40)(H,38,45)(H,41,42)/t29-,30-,34+,35+/m1/s1. The lowest BCUT2D eigenvalue weighted by Gasteiger charge is -2.35. The smallest absolute Gasteiger partial charge is 0.322 e. The molecule has 0 aromatic heterocycles. The average Bonchev–Trinajstić information content (AvgIpc) is 3.55. The number of fused-ring (bicyclic) bond motifs is 3. The van der Waals surface area contributed by atoms with Gasteiger partial charge in [0, 0.05) is 27.9 Å². The molecule has 224 valence electrons. The van der Waals surface area contributed by atoms with Crippen LogP contribution in [0.25, 0.3) is 0 Å². The molecule has 7 rings (SSSR count). The molecule has 45 heavy (non-hydrogen) atoms. The van der Waals surface area contributed by atoms with E-state index in [0.717, 1.165) is 16.7 Å². The molecule has 4 aromatic rings. The molecule has 1 heterocycles. The van der Waals surface area contributed by atoms with Crippen molar-refractivity contribution < 1.29 is 29.1 Å². The van der Waals surface area contributed by atoms with Crippen molar-refractivity contribution in [3.8, 4) is 0 Å². The fourth-order valence-corrected chi connectivity index (χ4v) is 8.27. The molecule has 9 heteroatoms. The molecule has 4 atom stereocenters. The molecule has 1 spiro atoms. The first-order valence-electron chi connectivity index (χ1n) is 14.7. The third kappa shape index (κ3) is 3.67. The summed E-state index contributed by atoms with van der Waals surface area (Å²) in [5, 5.41) is 17.2. The van der Waals surface area contributed by atoms with Crippen LogP contribution in [0, 0.1) is 0 Å². The molecule has 2 amide bonds. The van der Waals surface area contributed by atoms with E-state index in [1.54, 1.807) is 24.3 Å². The van der Waals surface area contributed by atoms with Crippen molar-refractivity contribution in [1.29, 1.82) is 0 Å². The van der Waals surface area contributed by atoms with E-state index < -0.39 is 70.8 Å². The lowest BCUT2D eigenvalue weighted by Crippen LogP contribution is -2.63. The first kappa shape index (κ1) is 28.4. The maximum Gasteiger partial charge on any atom is 0.322 e. The predicted octanol–water partition coefficient (Wildman–Crippen LogP) is 2.77. The fourth-order valence-electron chi connectivity index (χ4n) is 8.27. The van der Waals surface area contributed by atoms with Crippen LogP contribution in [0.4, 0.5) is 0 Å². The Bertz CT molecular complexity index is 1830. The van der Waals surface area contributed by atoms with Crippen molar-refractivity contribution >= 4 is 29.4 Å². The van der Waals surface area contributed by atoms with Crippen LogP contribution in [0.3, 0.4) is 0 Å². The Kier molecular flexibility index (Phi) is 6.52. The number of benzene rings is 4. The monoisotopic (exact) mass is 599 g/mol. The molecular weight excluding hydrogens is 570 g/mol. The molecule has 0 radical (unpaired) electrons. The number of carboxylic acids is 1. The molecule has 1 saturated heterocycles. The quantitative estimate of drug-likeness (QED) is 0.228. The molecule has 2 aliphatic carbocycles. The van der Waals surface area contributed by atoms with Crippen LogP contribution in [0.1, 0.15) is 43.3 Å². The summed E-state index contributed by atoms with van der Waals surface area (Å²) in [5.41, 5.74) is -1.29. The van der Waals surface area contributed by atoms with Gasteiger partial charge in [0.25, 0.3) is 0 Å². The minimum Gasteiger partial charge on any atom is -0.480 e. The SMILES string of the molecule is O=C(O)CNC(=O)CNC(=O)[C@H]1NC2(C(=O)c3ccccc3C2=O)[C@@]2(c3ccccc3)[C@H](c3ccccc3)[C@@]12c1ccccc1. The Morgan fingerprint density at radius 2 is 1.18 bits per heavy atom. The number of aliphatic carboxylic acids is 1. The summed E-state index contributed by atoms with van der Waals surface area (Å²) in [6, 6.07) is 34.1. The highest BCUT2D eigenvalue weighted by atomic mass is 16.4. The van der Waals surface area contributed by atoms with E-state index in [0.29, 0.717) is 11.1 Å². The number of piperidine rings is 1. The second-order valence-electron chi connectivity index (χ2n) is 11.7. The van der Waals surface area contributed by atoms with Gasteiger partial charge in [-0.2, -0.15) is 0 Å². The van der Waals surface area contributed by atoms with Crippen LogP contribution in [0.15, 0.2) is 115 Å². The van der Waals surface area contributed by atoms with Crippen LogP contribution >= 0.6 is 0 Å². The number of rotatable bonds is 8. The molecule has 0 unspecified atom stereocenters. The summed E-state index contributed by atoms with van der Waals surface area (Å²) < 4.78 is 0. The van der Waals surface area contributed by atoms with Gasteiger partial charge in [-0.1, -0.05) is 115 Å². The molecule has 4 N–H and O–H groups in total. The van der Waals surface area contributed by atoms with Gasteiger partial charge in [0.2, 0.25) is 11.8 Å². The maximum atomic E-state index is 14.8. The zero-order chi connectivity index (χ0) is 31.4. The Balaban J connectivity index is 1.49. The number of ketones is 2. The third-order valence-corrected chi connectivity index (χ3v) is 9.70. The zero-order valence-corrected chi connectivity index (χ0v) is 24.0. The Morgan fingerprint density at radius 1 is 0.667 bits per heavy atom. The van der Waals surface area contributed by atoms with E-state index in [4.69, 9.17) is 5.11 Å². The van der Waals surface area contributed by atoms with Crippen LogP contribution < -0.4 is 16.0 Å². The zero-order valence-electron chi connectivity index (χ0n) is 24.0. The summed E-state index contributed by atoms with van der Waals surface area (Å²) in [4.78, 5) is 67.5. The molecular formula is C36H29N3O6. The number of hydrogen-bond acceptors (Lipinski definition) is 6. The summed E-state index contributed by atoms with van der Waals surface area (Å²) in [7, 11) is 0. The molecule has 0 bridgehead atoms. The minimum atomic E-state index is -1.85. The van der Waals surface area contributed by atoms with Gasteiger partial charge in [-0.3, -0.25) is 29.3 Å². The number of carboxylic acid groups (broad SMARTS) is 1. The van der Waals surface area contributed by atoms with Crippen molar-refractivity contribution in [1.82, 2.24) is 16.0 Å². The summed E-state index contributed by atoms with van der Waals surface area (Å²) >= 11 is 0. The average molecular weight is 600 g/mol. The number of hydrogen-bond donors (Lipinski definition) is 4. The first-order chi connectivity index (χ1) is 21.8. The van der Waals surface area contributed by atoms with E-state index in [9.17, 15) is 24.0 Å². The van der Waals surface area contributed by atoms with E-state index in [2.05, 4.69) is 16.0 Å². The molecule has 9 nitrogen and oxygen atoms in total. The second kappa shape index (κ2) is 10.3. The van der Waals surface area contributed by atoms with E-state index in [1.807, 2.05) is 91.0 Å². The van der Waals surface area contributed by atoms with Crippen molar-refractivity contribution in [3.05, 3.63) is 143 Å². The normalized spacial score (nSPS) is 25.3. The highest BCUT2D eigenvalue weighted by Crippen LogP contribution is 2.84. The minimum absolute atomic E-state index is 0.292. The number of Topliss-reactive ketones (excluding diaryl/α,β-unsaturated/α-hetero) is 2. The van der Waals surface area contributed by atoms with Gasteiger partial charge in [0.1, 0.15) is 6.54 Å². The van der Waals surface area contributed by atoms with E-state index in [-0.39, 0.29) is 0 Å². The van der Waals surface area contributed by atoms with Gasteiger partial charge in [-0.05, 0) is 16.7 Å². The predicted molar refractivity (Wildman–Crippen MR) is 164 cm³/mol. The number of amides is 2. The topological polar surface area (TPSA) is 142 Å². The van der Waals surface area contributed by atoms with Gasteiger partial charge in [-0.25, -0.2) is 0 Å². The highest BCUT2D eigenvalue weighted by Gasteiger charge is 2.95. The van der Waals surface area contributed by atoms with Crippen molar-refractivity contribution in [3.63, 3.8) is 0 Å². The largest absolute Gasteiger partial charge is 0.480 e. The number of carbonyl (C=O) groups is 5. The van der Waals surface area contributed by atoms with Gasteiger partial charge < -0.3 is 15.7 Å². The van der Waals surface area contributed by atoms with Gasteiger partial charge in [0.05, 0.1) is 12.6 Å². The van der Waals surface area contributed by atoms with Crippen LogP contribution in [-0.2, 0) is 25.2 Å². The first-order valence-corrected chi connectivity index (χ1v) is 14.7. The van der Waals surface area contributed by atoms with E-state index in [1.165, 1.54) is 0 Å². The molecule has 2 fully saturated rings. The van der Waals surface area contributed by atoms with E-state index >= 15 is 0 Å². The number of carbonyl (C=O) groups excluding carboxylic acids is 4. The molecule has 4 aromatic carbocycles. The van der Waals surface area contributed by atoms with Gasteiger partial charge >= 0.3 is 5.97 Å². The third-order valence-electron chi connectivity index (χ3n) is 9.70. The van der Waals surface area contributed by atoms with Crippen LogP contribution in [-0.4, -0.2) is 59.1 Å². The lowest BCUT2D eigenvalue weighted by atomic mass is 9.68. The molecule has 3 aliphatic rings. The molecule has 1 aliphatic heterocycles. The van der Waals surface area contributed by atoms with Crippen molar-refractivity contribution in [2.75, 3.05) is 13.1 Å². The van der Waals surface area contributed by atoms with Crippen molar-refractivity contribution in [2.24, 2.45) is 0 Å². The van der Waals surface area contributed by atoms with Crippen molar-refractivity contribution in [2.45, 2.75) is 28.3 Å².